The van der Waals surface area contributed by atoms with Crippen LogP contribution in [0.25, 0.3) is 0 Å². The fourth-order valence-electron chi connectivity index (χ4n) is 1.50. The molecule has 1 saturated carbocycles. The number of hydrogen-bond acceptors (Lipinski definition) is 3. The third-order valence-corrected chi connectivity index (χ3v) is 2.59. The molecule has 0 aromatic carbocycles. The second kappa shape index (κ2) is 5.88. The first-order valence-corrected chi connectivity index (χ1v) is 5.40. The van der Waals surface area contributed by atoms with Gasteiger partial charge in [-0.05, 0) is 26.8 Å². The van der Waals surface area contributed by atoms with Gasteiger partial charge < -0.3 is 15.3 Å². The lowest BCUT2D eigenvalue weighted by Crippen LogP contribution is -2.31. The zero-order valence-electron chi connectivity index (χ0n) is 9.49. The number of hydrogen-bond donors (Lipinski definition) is 2. The van der Waals surface area contributed by atoms with Crippen LogP contribution in [0.2, 0.25) is 0 Å². The van der Waals surface area contributed by atoms with Crippen molar-refractivity contribution in [2.75, 3.05) is 26.7 Å². The van der Waals surface area contributed by atoms with Gasteiger partial charge in [-0.2, -0.15) is 0 Å². The molecule has 1 fully saturated rings. The highest BCUT2D eigenvalue weighted by atomic mass is 16.4. The summed E-state index contributed by atoms with van der Waals surface area (Å²) in [5.74, 6) is -0.871. The van der Waals surface area contributed by atoms with E-state index in [1.807, 2.05) is 6.92 Å². The van der Waals surface area contributed by atoms with E-state index in [0.29, 0.717) is 6.54 Å². The van der Waals surface area contributed by atoms with Crippen molar-refractivity contribution < 1.29 is 9.90 Å². The largest absolute Gasteiger partial charge is 0.478 e. The molecule has 1 rings (SSSR count). The van der Waals surface area contributed by atoms with Crippen LogP contribution in [0.4, 0.5) is 0 Å². The number of nitrogens with one attached hydrogen (secondary N) is 1. The number of carboxylic acid groups (broad SMARTS) is 1. The second-order valence-electron chi connectivity index (χ2n) is 4.22. The topological polar surface area (TPSA) is 52.6 Å². The first-order valence-electron chi connectivity index (χ1n) is 5.40. The zero-order chi connectivity index (χ0) is 11.3. The van der Waals surface area contributed by atoms with Gasteiger partial charge in [0.25, 0.3) is 0 Å². The predicted molar refractivity (Wildman–Crippen MR) is 59.9 cm³/mol. The Bertz CT molecular complexity index is 247. The number of likely N-dealkylation sites (N-methyl/N-ethyl adjacent to an activating group) is 1. The summed E-state index contributed by atoms with van der Waals surface area (Å²) in [5.41, 5.74) is 0.858. The van der Waals surface area contributed by atoms with E-state index in [4.69, 9.17) is 5.11 Å². The summed E-state index contributed by atoms with van der Waals surface area (Å²) in [5, 5.41) is 11.7. The van der Waals surface area contributed by atoms with Crippen molar-refractivity contribution in [3.8, 4) is 0 Å². The van der Waals surface area contributed by atoms with Gasteiger partial charge in [-0.15, -0.1) is 0 Å². The van der Waals surface area contributed by atoms with Crippen molar-refractivity contribution in [2.45, 2.75) is 25.8 Å². The molecular weight excluding hydrogens is 192 g/mol. The third-order valence-electron chi connectivity index (χ3n) is 2.59. The fraction of sp³-hybridized carbons (Fsp3) is 0.727. The van der Waals surface area contributed by atoms with Crippen molar-refractivity contribution in [1.82, 2.24) is 10.2 Å². The van der Waals surface area contributed by atoms with Crippen LogP contribution in [0.1, 0.15) is 19.8 Å². The molecule has 0 amide bonds. The molecule has 2 N–H and O–H groups in total. The van der Waals surface area contributed by atoms with E-state index in [1.54, 1.807) is 0 Å². The van der Waals surface area contributed by atoms with Crippen LogP contribution < -0.4 is 5.32 Å². The molecule has 0 aromatic rings. The Labute approximate surface area is 91.0 Å². The summed E-state index contributed by atoms with van der Waals surface area (Å²) in [6.07, 6.45) is 3.90. The SMILES string of the molecule is CC(=CC(=O)O)CNCCN(C)C1CC1. The highest BCUT2D eigenvalue weighted by Gasteiger charge is 2.25. The maximum atomic E-state index is 10.3. The van der Waals surface area contributed by atoms with Gasteiger partial charge in [0.05, 0.1) is 0 Å². The Balaban J connectivity index is 2.02. The molecule has 0 bridgehead atoms. The highest BCUT2D eigenvalue weighted by molar-refractivity contribution is 5.80. The van der Waals surface area contributed by atoms with Crippen LogP contribution in [-0.4, -0.2) is 48.7 Å². The Hall–Kier alpha value is -0.870. The van der Waals surface area contributed by atoms with Crippen LogP contribution in [0.3, 0.4) is 0 Å². The molecular formula is C11H20N2O2. The third kappa shape index (κ3) is 5.54. The number of nitrogens with zero attached hydrogens (tertiary/aromatic N) is 1. The molecule has 1 aliphatic rings. The Morgan fingerprint density at radius 2 is 2.27 bits per heavy atom. The zero-order valence-corrected chi connectivity index (χ0v) is 9.49. The average Bonchev–Trinajstić information content (AvgIpc) is 2.93. The standard InChI is InChI=1S/C11H20N2O2/c1-9(7-11(14)15)8-12-5-6-13(2)10-3-4-10/h7,10,12H,3-6,8H2,1-2H3,(H,14,15). The first-order chi connectivity index (χ1) is 7.09. The van der Waals surface area contributed by atoms with Gasteiger partial charge in [0.15, 0.2) is 0 Å². The van der Waals surface area contributed by atoms with Gasteiger partial charge in [0.1, 0.15) is 0 Å². The van der Waals surface area contributed by atoms with Crippen molar-refractivity contribution in [1.29, 1.82) is 0 Å². The smallest absolute Gasteiger partial charge is 0.328 e. The molecule has 4 nitrogen and oxygen atoms in total. The van der Waals surface area contributed by atoms with Crippen LogP contribution in [0, 0.1) is 0 Å². The Morgan fingerprint density at radius 1 is 1.60 bits per heavy atom. The second-order valence-corrected chi connectivity index (χ2v) is 4.22. The Morgan fingerprint density at radius 3 is 2.80 bits per heavy atom. The monoisotopic (exact) mass is 212 g/mol. The molecule has 0 aromatic heterocycles. The van der Waals surface area contributed by atoms with Gasteiger partial charge >= 0.3 is 5.97 Å². The predicted octanol–water partition coefficient (Wildman–Crippen LogP) is 0.701. The lowest BCUT2D eigenvalue weighted by molar-refractivity contribution is -0.131. The minimum absolute atomic E-state index is 0.658. The minimum Gasteiger partial charge on any atom is -0.478 e. The van der Waals surface area contributed by atoms with E-state index >= 15 is 0 Å². The average molecular weight is 212 g/mol. The molecule has 0 unspecified atom stereocenters. The molecule has 4 heteroatoms. The lowest BCUT2D eigenvalue weighted by Gasteiger charge is -2.15. The lowest BCUT2D eigenvalue weighted by atomic mass is 10.3. The van der Waals surface area contributed by atoms with Crippen molar-refractivity contribution in [2.24, 2.45) is 0 Å². The summed E-state index contributed by atoms with van der Waals surface area (Å²) in [7, 11) is 2.14. The van der Waals surface area contributed by atoms with Crippen molar-refractivity contribution >= 4 is 5.97 Å². The molecule has 1 aliphatic carbocycles. The molecule has 0 spiro atoms. The van der Waals surface area contributed by atoms with E-state index in [1.165, 1.54) is 18.9 Å². The normalized spacial score (nSPS) is 17.1. The van der Waals surface area contributed by atoms with E-state index in [-0.39, 0.29) is 0 Å². The fourth-order valence-corrected chi connectivity index (χ4v) is 1.50. The number of rotatable bonds is 7. The van der Waals surface area contributed by atoms with Gasteiger partial charge in [0.2, 0.25) is 0 Å². The molecule has 0 aliphatic heterocycles. The van der Waals surface area contributed by atoms with Crippen LogP contribution >= 0.6 is 0 Å². The Kier molecular flexibility index (Phi) is 4.78. The van der Waals surface area contributed by atoms with Gasteiger partial charge in [-0.3, -0.25) is 0 Å². The summed E-state index contributed by atoms with van der Waals surface area (Å²) < 4.78 is 0. The summed E-state index contributed by atoms with van der Waals surface area (Å²) in [6.45, 7) is 4.43. The van der Waals surface area contributed by atoms with Crippen LogP contribution in [0.5, 0.6) is 0 Å². The van der Waals surface area contributed by atoms with E-state index in [9.17, 15) is 4.79 Å². The van der Waals surface area contributed by atoms with E-state index < -0.39 is 5.97 Å². The molecule has 0 atom stereocenters. The van der Waals surface area contributed by atoms with Gasteiger partial charge in [0, 0.05) is 31.8 Å². The van der Waals surface area contributed by atoms with Crippen molar-refractivity contribution in [3.05, 3.63) is 11.6 Å². The molecule has 0 radical (unpaired) electrons. The summed E-state index contributed by atoms with van der Waals surface area (Å²) >= 11 is 0. The number of carbonyl (C=O) groups is 1. The van der Waals surface area contributed by atoms with Gasteiger partial charge in [-0.25, -0.2) is 4.79 Å². The van der Waals surface area contributed by atoms with Crippen LogP contribution in [0.15, 0.2) is 11.6 Å². The minimum atomic E-state index is -0.871. The number of aliphatic carboxylic acids is 1. The molecule has 0 heterocycles. The van der Waals surface area contributed by atoms with Crippen molar-refractivity contribution in [3.63, 3.8) is 0 Å². The highest BCUT2D eigenvalue weighted by Crippen LogP contribution is 2.24. The molecule has 86 valence electrons. The summed E-state index contributed by atoms with van der Waals surface area (Å²) in [6, 6.07) is 0.794. The first kappa shape index (κ1) is 12.2. The van der Waals surface area contributed by atoms with Gasteiger partial charge in [-0.1, -0.05) is 5.57 Å². The number of carboxylic acids is 1. The van der Waals surface area contributed by atoms with Crippen LogP contribution in [-0.2, 0) is 4.79 Å². The quantitative estimate of drug-likeness (QED) is 0.482. The molecule has 15 heavy (non-hydrogen) atoms. The van der Waals surface area contributed by atoms with E-state index in [2.05, 4.69) is 17.3 Å². The van der Waals surface area contributed by atoms with E-state index in [0.717, 1.165) is 24.7 Å². The maximum absolute atomic E-state index is 10.3. The molecule has 0 saturated heterocycles. The summed E-state index contributed by atoms with van der Waals surface area (Å²) in [4.78, 5) is 12.7. The maximum Gasteiger partial charge on any atom is 0.328 e.